The van der Waals surface area contributed by atoms with Crippen LogP contribution in [0.1, 0.15) is 32.6 Å². The number of piperidine rings is 1. The van der Waals surface area contributed by atoms with Gasteiger partial charge in [-0.1, -0.05) is 6.92 Å². The van der Waals surface area contributed by atoms with Gasteiger partial charge in [-0.3, -0.25) is 9.69 Å². The van der Waals surface area contributed by atoms with Crippen LogP contribution in [0.4, 0.5) is 0 Å². The molecule has 0 amide bonds. The van der Waals surface area contributed by atoms with Crippen LogP contribution in [0.2, 0.25) is 0 Å². The van der Waals surface area contributed by atoms with Crippen molar-refractivity contribution in [2.45, 2.75) is 44.7 Å². The summed E-state index contributed by atoms with van der Waals surface area (Å²) in [5.74, 6) is 0.0161. The van der Waals surface area contributed by atoms with Crippen LogP contribution in [0.15, 0.2) is 0 Å². The highest BCUT2D eigenvalue weighted by molar-refractivity contribution is 5.72. The van der Waals surface area contributed by atoms with E-state index in [1.807, 2.05) is 0 Å². The van der Waals surface area contributed by atoms with Gasteiger partial charge in [0, 0.05) is 25.2 Å². The number of methoxy groups -OCH3 is 1. The zero-order valence-corrected chi connectivity index (χ0v) is 10.9. The van der Waals surface area contributed by atoms with E-state index < -0.39 is 0 Å². The summed E-state index contributed by atoms with van der Waals surface area (Å²) >= 11 is 0. The number of carbonyl (C=O) groups excluding carboxylic acids is 1. The van der Waals surface area contributed by atoms with E-state index in [0.29, 0.717) is 6.04 Å². The number of nitrogens with zero attached hydrogens (tertiary/aromatic N) is 1. The Labute approximate surface area is 104 Å². The van der Waals surface area contributed by atoms with Crippen molar-refractivity contribution in [3.05, 3.63) is 0 Å². The topological polar surface area (TPSA) is 41.6 Å². The second-order valence-electron chi connectivity index (χ2n) is 5.29. The number of hydrogen-bond donors (Lipinski definition) is 1. The third-order valence-corrected chi connectivity index (χ3v) is 3.76. The average Bonchev–Trinajstić information content (AvgIpc) is 3.19. The predicted molar refractivity (Wildman–Crippen MR) is 66.8 cm³/mol. The van der Waals surface area contributed by atoms with Gasteiger partial charge in [0.05, 0.1) is 13.0 Å². The maximum absolute atomic E-state index is 11.7. The van der Waals surface area contributed by atoms with E-state index in [-0.39, 0.29) is 11.9 Å². The molecule has 1 aliphatic heterocycles. The third kappa shape index (κ3) is 3.42. The van der Waals surface area contributed by atoms with Crippen LogP contribution in [-0.4, -0.2) is 49.7 Å². The molecule has 2 atom stereocenters. The van der Waals surface area contributed by atoms with Gasteiger partial charge in [-0.05, 0) is 32.2 Å². The third-order valence-electron chi connectivity index (χ3n) is 3.76. The molecule has 17 heavy (non-hydrogen) atoms. The van der Waals surface area contributed by atoms with E-state index in [2.05, 4.69) is 17.1 Å². The molecular weight excluding hydrogens is 216 g/mol. The quantitative estimate of drug-likeness (QED) is 0.728. The molecule has 1 aliphatic carbocycles. The molecule has 98 valence electrons. The minimum Gasteiger partial charge on any atom is -0.469 e. The van der Waals surface area contributed by atoms with Crippen LogP contribution in [0, 0.1) is 5.92 Å². The fraction of sp³-hybridized carbons (Fsp3) is 0.923. The lowest BCUT2D eigenvalue weighted by molar-refractivity contribution is -0.147. The van der Waals surface area contributed by atoms with E-state index in [4.69, 9.17) is 4.74 Å². The van der Waals surface area contributed by atoms with E-state index in [0.717, 1.165) is 38.5 Å². The van der Waals surface area contributed by atoms with Crippen molar-refractivity contribution >= 4 is 5.97 Å². The molecular formula is C13H24N2O2. The first-order chi connectivity index (χ1) is 8.24. The van der Waals surface area contributed by atoms with Crippen LogP contribution in [0.25, 0.3) is 0 Å². The maximum Gasteiger partial charge on any atom is 0.310 e. The molecule has 1 N–H and O–H groups in total. The highest BCUT2D eigenvalue weighted by Gasteiger charge is 2.38. The second kappa shape index (κ2) is 5.83. The Morgan fingerprint density at radius 1 is 1.41 bits per heavy atom. The summed E-state index contributed by atoms with van der Waals surface area (Å²) in [6, 6.07) is 1.18. The summed E-state index contributed by atoms with van der Waals surface area (Å²) in [4.78, 5) is 14.2. The van der Waals surface area contributed by atoms with E-state index in [1.54, 1.807) is 0 Å². The molecule has 2 rings (SSSR count). The normalized spacial score (nSPS) is 30.2. The van der Waals surface area contributed by atoms with Gasteiger partial charge in [-0.25, -0.2) is 0 Å². The second-order valence-corrected chi connectivity index (χ2v) is 5.29. The largest absolute Gasteiger partial charge is 0.469 e. The minimum atomic E-state index is -0.0429. The molecule has 2 aliphatic rings. The molecule has 4 heteroatoms. The molecule has 0 aromatic carbocycles. The van der Waals surface area contributed by atoms with Crippen LogP contribution >= 0.6 is 0 Å². The van der Waals surface area contributed by atoms with Gasteiger partial charge in [-0.2, -0.15) is 0 Å². The summed E-state index contributed by atoms with van der Waals surface area (Å²) in [6.07, 6.45) is 4.67. The van der Waals surface area contributed by atoms with Crippen molar-refractivity contribution in [2.24, 2.45) is 5.92 Å². The summed E-state index contributed by atoms with van der Waals surface area (Å²) in [7, 11) is 1.49. The Morgan fingerprint density at radius 2 is 2.18 bits per heavy atom. The van der Waals surface area contributed by atoms with Crippen molar-refractivity contribution < 1.29 is 9.53 Å². The number of likely N-dealkylation sites (tertiary alicyclic amines) is 1. The average molecular weight is 240 g/mol. The molecule has 1 heterocycles. The number of nitrogens with one attached hydrogen (secondary N) is 1. The van der Waals surface area contributed by atoms with Gasteiger partial charge < -0.3 is 10.1 Å². The molecule has 0 aromatic rings. The van der Waals surface area contributed by atoms with E-state index in [9.17, 15) is 4.79 Å². The van der Waals surface area contributed by atoms with Crippen LogP contribution in [0.5, 0.6) is 0 Å². The first-order valence-corrected chi connectivity index (χ1v) is 6.79. The molecule has 2 fully saturated rings. The Morgan fingerprint density at radius 3 is 2.76 bits per heavy atom. The highest BCUT2D eigenvalue weighted by Crippen LogP contribution is 2.31. The fourth-order valence-corrected chi connectivity index (χ4v) is 2.70. The van der Waals surface area contributed by atoms with Gasteiger partial charge in [0.2, 0.25) is 0 Å². The van der Waals surface area contributed by atoms with Gasteiger partial charge in [0.15, 0.2) is 0 Å². The summed E-state index contributed by atoms with van der Waals surface area (Å²) < 4.78 is 4.90. The number of hydrogen-bond acceptors (Lipinski definition) is 4. The zero-order valence-electron chi connectivity index (χ0n) is 10.9. The first kappa shape index (κ1) is 12.8. The Hall–Kier alpha value is -0.610. The molecule has 0 radical (unpaired) electrons. The first-order valence-electron chi connectivity index (χ1n) is 6.79. The number of esters is 1. The van der Waals surface area contributed by atoms with Crippen LogP contribution in [0.3, 0.4) is 0 Å². The predicted octanol–water partition coefficient (Wildman–Crippen LogP) is 1.01. The monoisotopic (exact) mass is 240 g/mol. The molecule has 0 spiro atoms. The van der Waals surface area contributed by atoms with Crippen LogP contribution in [-0.2, 0) is 9.53 Å². The molecule has 2 unspecified atom stereocenters. The summed E-state index contributed by atoms with van der Waals surface area (Å²) in [5, 5.41) is 3.54. The van der Waals surface area contributed by atoms with Gasteiger partial charge >= 0.3 is 5.97 Å². The summed E-state index contributed by atoms with van der Waals surface area (Å²) in [5.41, 5.74) is 0. The van der Waals surface area contributed by atoms with Gasteiger partial charge in [0.25, 0.3) is 0 Å². The van der Waals surface area contributed by atoms with Crippen molar-refractivity contribution in [1.29, 1.82) is 0 Å². The lowest BCUT2D eigenvalue weighted by Gasteiger charge is -2.37. The minimum absolute atomic E-state index is 0.0429. The smallest absolute Gasteiger partial charge is 0.310 e. The SMILES string of the molecule is CCCNC1CC(C(=O)OC)CN(C2CC2)C1. The molecule has 4 nitrogen and oxygen atoms in total. The lowest BCUT2D eigenvalue weighted by Crippen LogP contribution is -2.52. The zero-order chi connectivity index (χ0) is 12.3. The lowest BCUT2D eigenvalue weighted by atomic mass is 9.94. The molecule has 0 aromatic heterocycles. The summed E-state index contributed by atoms with van der Waals surface area (Å²) in [6.45, 7) is 5.20. The van der Waals surface area contributed by atoms with Crippen molar-refractivity contribution in [3.63, 3.8) is 0 Å². The fourth-order valence-electron chi connectivity index (χ4n) is 2.70. The standard InChI is InChI=1S/C13H24N2O2/c1-3-6-14-11-7-10(13(16)17-2)8-15(9-11)12-4-5-12/h10-12,14H,3-9H2,1-2H3. The van der Waals surface area contributed by atoms with E-state index in [1.165, 1.54) is 20.0 Å². The number of ether oxygens (including phenoxy) is 1. The number of carbonyl (C=O) groups is 1. The van der Waals surface area contributed by atoms with Crippen LogP contribution < -0.4 is 5.32 Å². The molecule has 0 bridgehead atoms. The van der Waals surface area contributed by atoms with Crippen molar-refractivity contribution in [1.82, 2.24) is 10.2 Å². The Bertz CT molecular complexity index is 266. The van der Waals surface area contributed by atoms with Gasteiger partial charge in [0.1, 0.15) is 0 Å². The van der Waals surface area contributed by atoms with E-state index >= 15 is 0 Å². The maximum atomic E-state index is 11.7. The Balaban J connectivity index is 1.91. The molecule has 1 saturated heterocycles. The highest BCUT2D eigenvalue weighted by atomic mass is 16.5. The van der Waals surface area contributed by atoms with Crippen molar-refractivity contribution in [2.75, 3.05) is 26.7 Å². The Kier molecular flexibility index (Phi) is 4.40. The van der Waals surface area contributed by atoms with Crippen molar-refractivity contribution in [3.8, 4) is 0 Å². The van der Waals surface area contributed by atoms with Gasteiger partial charge in [-0.15, -0.1) is 0 Å². The molecule has 1 saturated carbocycles. The number of rotatable bonds is 5.